The number of nitrogens with zero attached hydrogens (tertiary/aromatic N) is 3. The molecule has 36 heavy (non-hydrogen) atoms. The maximum absolute atomic E-state index is 13.2. The van der Waals surface area contributed by atoms with Crippen LogP contribution >= 0.6 is 11.3 Å². The highest BCUT2D eigenvalue weighted by molar-refractivity contribution is 7.16. The van der Waals surface area contributed by atoms with Gasteiger partial charge >= 0.3 is 0 Å². The molecule has 6 rings (SSSR count). The summed E-state index contributed by atoms with van der Waals surface area (Å²) < 4.78 is 0. The van der Waals surface area contributed by atoms with Crippen molar-refractivity contribution in [1.82, 2.24) is 25.6 Å². The average molecular weight is 503 g/mol. The van der Waals surface area contributed by atoms with E-state index in [1.165, 1.54) is 11.3 Å². The van der Waals surface area contributed by atoms with Crippen molar-refractivity contribution in [2.45, 2.75) is 31.4 Å². The van der Waals surface area contributed by atoms with Crippen LogP contribution < -0.4 is 15.5 Å². The number of rotatable bonds is 5. The number of hydrogen-bond acceptors (Lipinski definition) is 8. The highest BCUT2D eigenvalue weighted by atomic mass is 32.1. The summed E-state index contributed by atoms with van der Waals surface area (Å²) in [5.41, 5.74) is 1.93. The zero-order valence-electron chi connectivity index (χ0n) is 20.0. The van der Waals surface area contributed by atoms with Gasteiger partial charge in [-0.1, -0.05) is 25.1 Å². The molecule has 0 aliphatic carbocycles. The largest absolute Gasteiger partial charge is 0.389 e. The molecule has 2 aliphatic heterocycles. The van der Waals surface area contributed by atoms with Gasteiger partial charge in [0.05, 0.1) is 28.5 Å². The minimum Gasteiger partial charge on any atom is -0.389 e. The third-order valence-electron chi connectivity index (χ3n) is 7.60. The summed E-state index contributed by atoms with van der Waals surface area (Å²) in [5, 5.41) is 20.3. The molecule has 0 saturated carbocycles. The number of aliphatic hydroxyl groups excluding tert-OH is 1. The molecule has 10 heteroatoms. The van der Waals surface area contributed by atoms with Crippen molar-refractivity contribution in [3.05, 3.63) is 53.2 Å². The van der Waals surface area contributed by atoms with Gasteiger partial charge in [0.15, 0.2) is 0 Å². The topological polar surface area (TPSA) is 123 Å². The Morgan fingerprint density at radius 1 is 1.17 bits per heavy atom. The smallest absolute Gasteiger partial charge is 0.261 e. The molecule has 0 bridgehead atoms. The van der Waals surface area contributed by atoms with Crippen LogP contribution in [-0.2, 0) is 9.59 Å². The maximum Gasteiger partial charge on any atom is 0.261 e. The first-order chi connectivity index (χ1) is 17.5. The van der Waals surface area contributed by atoms with Gasteiger partial charge in [0.2, 0.25) is 5.95 Å². The molecule has 1 fully saturated rings. The van der Waals surface area contributed by atoms with Crippen LogP contribution in [0.2, 0.25) is 0 Å². The highest BCUT2D eigenvalue weighted by Crippen LogP contribution is 2.38. The Kier molecular flexibility index (Phi) is 5.40. The number of para-hydroxylation sites is 1. The zero-order chi connectivity index (χ0) is 25.0. The molecule has 0 radical (unpaired) electrons. The van der Waals surface area contributed by atoms with Crippen molar-refractivity contribution >= 4 is 61.4 Å². The molecule has 1 aromatic carbocycles. The average Bonchev–Trinajstić information content (AvgIpc) is 3.58. The Balaban J connectivity index is 1.53. The predicted molar refractivity (Wildman–Crippen MR) is 141 cm³/mol. The van der Waals surface area contributed by atoms with Crippen LogP contribution in [0, 0.1) is 0 Å². The first-order valence-electron chi connectivity index (χ1n) is 12.0. The number of anilines is 1. The van der Waals surface area contributed by atoms with E-state index in [1.807, 2.05) is 47.7 Å². The first-order valence-corrected chi connectivity index (χ1v) is 12.9. The first kappa shape index (κ1) is 22.8. The predicted octanol–water partition coefficient (Wildman–Crippen LogP) is 2.68. The number of benzene rings is 1. The highest BCUT2D eigenvalue weighted by Gasteiger charge is 2.41. The summed E-state index contributed by atoms with van der Waals surface area (Å²) >= 11 is 1.54. The van der Waals surface area contributed by atoms with E-state index in [0.29, 0.717) is 46.8 Å². The number of carbonyl (C=O) groups is 2. The number of aliphatic hydroxyl groups is 1. The lowest BCUT2D eigenvalue weighted by atomic mass is 9.82. The lowest BCUT2D eigenvalue weighted by molar-refractivity contribution is -0.122. The van der Waals surface area contributed by atoms with Crippen molar-refractivity contribution in [3.63, 3.8) is 0 Å². The molecule has 0 spiro atoms. The number of piperidine rings is 1. The fourth-order valence-corrected chi connectivity index (χ4v) is 6.20. The number of aromatic nitrogens is 3. The number of aromatic amines is 1. The number of amides is 2. The lowest BCUT2D eigenvalue weighted by Gasteiger charge is -2.45. The molecule has 4 N–H and O–H groups in total. The minimum absolute atomic E-state index is 0.239. The molecular formula is C26H26N6O3S. The van der Waals surface area contributed by atoms with Crippen LogP contribution in [0.25, 0.3) is 32.3 Å². The number of H-pyrrole nitrogens is 1. The van der Waals surface area contributed by atoms with Crippen LogP contribution in [0.5, 0.6) is 0 Å². The van der Waals surface area contributed by atoms with Crippen molar-refractivity contribution in [1.29, 1.82) is 0 Å². The quantitative estimate of drug-likeness (QED) is 0.310. The van der Waals surface area contributed by atoms with Gasteiger partial charge in [-0.05, 0) is 37.4 Å². The lowest BCUT2D eigenvalue weighted by Crippen LogP contribution is -2.62. The number of hydrogen-bond donors (Lipinski definition) is 4. The van der Waals surface area contributed by atoms with E-state index in [9.17, 15) is 14.7 Å². The number of β-amino-alcohol motifs (C(OH)–C–C–N with tert-alkyl or cyclic N) is 1. The Hall–Kier alpha value is -3.60. The molecular weight excluding hydrogens is 476 g/mol. The summed E-state index contributed by atoms with van der Waals surface area (Å²) in [6, 6.07) is 9.42. The molecule has 1 saturated heterocycles. The molecule has 3 aromatic heterocycles. The number of nitrogens with one attached hydrogen (secondary N) is 3. The third-order valence-corrected chi connectivity index (χ3v) is 8.45. The fraction of sp³-hybridized carbons (Fsp3) is 0.308. The van der Waals surface area contributed by atoms with E-state index in [4.69, 9.17) is 9.97 Å². The Morgan fingerprint density at radius 3 is 2.75 bits per heavy atom. The monoisotopic (exact) mass is 502 g/mol. The standard InChI is InChI=1S/C26H26N6O3S/c1-3-26(27-2)9-10-32(13-18(26)33)25-29-17-7-5-4-6-15(17)21(30-25)20-19(22(34)31-23(20)35)16-12-28-24-14(16)8-11-36-24/h4-8,11-12,18,27-28,33H,3,9-10,13H2,1-2H3,(H,31,34,35). The molecule has 2 amide bonds. The number of thiophene rings is 1. The molecule has 2 atom stereocenters. The van der Waals surface area contributed by atoms with E-state index in [-0.39, 0.29) is 11.1 Å². The van der Waals surface area contributed by atoms with Gasteiger partial charge in [0.1, 0.15) is 4.83 Å². The fourth-order valence-electron chi connectivity index (χ4n) is 5.43. The second-order valence-corrected chi connectivity index (χ2v) is 10.2. The van der Waals surface area contributed by atoms with Gasteiger partial charge in [-0.15, -0.1) is 11.3 Å². The van der Waals surface area contributed by atoms with Gasteiger partial charge in [0, 0.05) is 41.2 Å². The molecule has 5 heterocycles. The molecule has 184 valence electrons. The second-order valence-electron chi connectivity index (χ2n) is 9.26. The van der Waals surface area contributed by atoms with Crippen LogP contribution in [0.15, 0.2) is 41.9 Å². The third kappa shape index (κ3) is 3.36. The Morgan fingerprint density at radius 2 is 1.97 bits per heavy atom. The van der Waals surface area contributed by atoms with Gasteiger partial charge in [-0.2, -0.15) is 0 Å². The Bertz CT molecular complexity index is 1550. The summed E-state index contributed by atoms with van der Waals surface area (Å²) in [4.78, 5) is 41.9. The summed E-state index contributed by atoms with van der Waals surface area (Å²) in [7, 11) is 1.88. The summed E-state index contributed by atoms with van der Waals surface area (Å²) in [6.07, 6.45) is 2.67. The van der Waals surface area contributed by atoms with Gasteiger partial charge in [0.25, 0.3) is 11.8 Å². The summed E-state index contributed by atoms with van der Waals surface area (Å²) in [5.74, 6) is -0.493. The molecule has 9 nitrogen and oxygen atoms in total. The molecule has 2 aliphatic rings. The van der Waals surface area contributed by atoms with E-state index in [2.05, 4.69) is 22.5 Å². The van der Waals surface area contributed by atoms with Crippen LogP contribution in [0.4, 0.5) is 5.95 Å². The van der Waals surface area contributed by atoms with Crippen molar-refractivity contribution in [3.8, 4) is 0 Å². The SMILES string of the molecule is CCC1(NC)CCN(c2nc(C3=C(c4c[nH]c5sccc45)C(=O)NC3=O)c3ccccc3n2)CC1O. The minimum atomic E-state index is -0.613. The van der Waals surface area contributed by atoms with Gasteiger partial charge in [-0.25, -0.2) is 9.97 Å². The van der Waals surface area contributed by atoms with Crippen LogP contribution in [-0.4, -0.2) is 63.7 Å². The number of likely N-dealkylation sites (N-methyl/N-ethyl adjacent to an activating group) is 1. The van der Waals surface area contributed by atoms with Crippen molar-refractivity contribution in [2.24, 2.45) is 0 Å². The van der Waals surface area contributed by atoms with E-state index in [1.54, 1.807) is 6.20 Å². The normalized spacial score (nSPS) is 22.8. The van der Waals surface area contributed by atoms with Gasteiger partial charge < -0.3 is 20.3 Å². The van der Waals surface area contributed by atoms with Crippen molar-refractivity contribution < 1.29 is 14.7 Å². The van der Waals surface area contributed by atoms with E-state index < -0.39 is 17.9 Å². The summed E-state index contributed by atoms with van der Waals surface area (Å²) in [6.45, 7) is 3.07. The zero-order valence-corrected chi connectivity index (χ0v) is 20.8. The van der Waals surface area contributed by atoms with Crippen LogP contribution in [0.1, 0.15) is 31.0 Å². The number of imide groups is 1. The second kappa shape index (κ2) is 8.51. The van der Waals surface area contributed by atoms with Crippen LogP contribution in [0.3, 0.4) is 0 Å². The maximum atomic E-state index is 13.2. The van der Waals surface area contributed by atoms with E-state index in [0.717, 1.165) is 23.1 Å². The van der Waals surface area contributed by atoms with E-state index >= 15 is 0 Å². The number of fused-ring (bicyclic) bond motifs is 2. The molecule has 4 aromatic rings. The molecule has 2 unspecified atom stereocenters. The Labute approximate surface area is 211 Å². The van der Waals surface area contributed by atoms with Crippen molar-refractivity contribution in [2.75, 3.05) is 25.0 Å². The van der Waals surface area contributed by atoms with Gasteiger partial charge in [-0.3, -0.25) is 14.9 Å². The number of carbonyl (C=O) groups excluding carboxylic acids is 2.